The highest BCUT2D eigenvalue weighted by atomic mass is 16.2. The summed E-state index contributed by atoms with van der Waals surface area (Å²) in [6.07, 6.45) is 4.25. The molecule has 0 aliphatic carbocycles. The lowest BCUT2D eigenvalue weighted by molar-refractivity contribution is -0.920. The summed E-state index contributed by atoms with van der Waals surface area (Å²) in [5.41, 5.74) is 14.6. The number of pyridine rings is 1. The monoisotopic (exact) mass is 491 g/mol. The standard InChI is InChI=1S/C28H38N6O2/c1-34(31,17-15-29)16-7-11-24(30)28(36)33-26(14-13-21-8-3-2-4-9-21)27(35)19-22-18-23-10-5-6-12-25(23)32-20-22/h2-6,8-10,12,18,20,24,26H,7,11,13-17,19,29-31H2,1H3/p+1/t24-,26+,34?/m0/s1. The fourth-order valence-electron chi connectivity index (χ4n) is 4.30. The van der Waals surface area contributed by atoms with Gasteiger partial charge in [-0.1, -0.05) is 48.5 Å². The van der Waals surface area contributed by atoms with E-state index in [0.29, 0.717) is 49.9 Å². The summed E-state index contributed by atoms with van der Waals surface area (Å²) in [5, 5.41) is 3.91. The lowest BCUT2D eigenvalue weighted by atomic mass is 9.97. The molecule has 2 aromatic carbocycles. The molecule has 3 atom stereocenters. The molecule has 8 nitrogen and oxygen atoms in total. The van der Waals surface area contributed by atoms with Crippen molar-refractivity contribution in [2.24, 2.45) is 17.3 Å². The number of nitrogens with one attached hydrogen (secondary N) is 1. The van der Waals surface area contributed by atoms with Crippen LogP contribution < -0.4 is 22.6 Å². The first-order valence-electron chi connectivity index (χ1n) is 12.6. The number of likely N-dealkylation sites (N-methyl/N-ethyl adjacent to an activating group) is 1. The molecule has 36 heavy (non-hydrogen) atoms. The van der Waals surface area contributed by atoms with E-state index < -0.39 is 12.1 Å². The van der Waals surface area contributed by atoms with Gasteiger partial charge in [0.2, 0.25) is 5.91 Å². The number of aryl methyl sites for hydroxylation is 1. The van der Waals surface area contributed by atoms with Gasteiger partial charge in [0.1, 0.15) is 6.54 Å². The second-order valence-electron chi connectivity index (χ2n) is 9.73. The van der Waals surface area contributed by atoms with Gasteiger partial charge in [0.15, 0.2) is 5.78 Å². The molecule has 1 amide bonds. The van der Waals surface area contributed by atoms with Gasteiger partial charge in [-0.3, -0.25) is 14.6 Å². The molecule has 1 heterocycles. The minimum atomic E-state index is -0.711. The molecule has 0 spiro atoms. The quantitative estimate of drug-likeness (QED) is 0.154. The topological polar surface area (TPSA) is 137 Å². The second-order valence-corrected chi connectivity index (χ2v) is 9.73. The summed E-state index contributed by atoms with van der Waals surface area (Å²) < 4.78 is 0.294. The summed E-state index contributed by atoms with van der Waals surface area (Å²) >= 11 is 0. The van der Waals surface area contributed by atoms with Crippen LogP contribution in [0.5, 0.6) is 0 Å². The van der Waals surface area contributed by atoms with E-state index in [1.807, 2.05) is 67.7 Å². The summed E-state index contributed by atoms with van der Waals surface area (Å²) in [6.45, 7) is 1.82. The highest BCUT2D eigenvalue weighted by molar-refractivity contribution is 5.92. The minimum Gasteiger partial charge on any atom is -0.345 e. The molecule has 8 heteroatoms. The van der Waals surface area contributed by atoms with E-state index in [4.69, 9.17) is 17.3 Å². The predicted octanol–water partition coefficient (Wildman–Crippen LogP) is 1.85. The van der Waals surface area contributed by atoms with E-state index in [2.05, 4.69) is 10.3 Å². The maximum absolute atomic E-state index is 13.3. The molecule has 3 rings (SSSR count). The minimum absolute atomic E-state index is 0.0577. The number of amides is 1. The molecule has 0 aliphatic rings. The second kappa shape index (κ2) is 13.2. The summed E-state index contributed by atoms with van der Waals surface area (Å²) in [5.74, 6) is 5.80. The molecule has 0 aliphatic heterocycles. The van der Waals surface area contributed by atoms with Gasteiger partial charge < -0.3 is 16.8 Å². The summed E-state index contributed by atoms with van der Waals surface area (Å²) in [6, 6.07) is 18.4. The number of aromatic nitrogens is 1. The van der Waals surface area contributed by atoms with Gasteiger partial charge in [-0.25, -0.2) is 4.59 Å². The number of quaternary nitrogens is 1. The smallest absolute Gasteiger partial charge is 0.237 e. The van der Waals surface area contributed by atoms with Crippen LogP contribution in [0.25, 0.3) is 10.9 Å². The molecule has 0 bridgehead atoms. The molecule has 3 aromatic rings. The Morgan fingerprint density at radius 2 is 1.72 bits per heavy atom. The van der Waals surface area contributed by atoms with E-state index >= 15 is 0 Å². The molecular formula is C28H39N6O2+. The van der Waals surface area contributed by atoms with Crippen molar-refractivity contribution in [1.29, 1.82) is 0 Å². The van der Waals surface area contributed by atoms with Crippen molar-refractivity contribution in [2.75, 3.05) is 26.7 Å². The molecule has 1 aromatic heterocycles. The average Bonchev–Trinajstić information content (AvgIpc) is 2.86. The third kappa shape index (κ3) is 8.49. The first-order valence-corrected chi connectivity index (χ1v) is 12.6. The predicted molar refractivity (Wildman–Crippen MR) is 144 cm³/mol. The van der Waals surface area contributed by atoms with Gasteiger partial charge in [-0.15, -0.1) is 0 Å². The van der Waals surface area contributed by atoms with Crippen LogP contribution >= 0.6 is 0 Å². The molecular weight excluding hydrogens is 452 g/mol. The Morgan fingerprint density at radius 1 is 1.00 bits per heavy atom. The van der Waals surface area contributed by atoms with Crippen LogP contribution in [0.1, 0.15) is 30.4 Å². The zero-order chi connectivity index (χ0) is 26.0. The lowest BCUT2D eigenvalue weighted by Gasteiger charge is -2.28. The van der Waals surface area contributed by atoms with Crippen molar-refractivity contribution >= 4 is 22.6 Å². The van der Waals surface area contributed by atoms with Gasteiger partial charge >= 0.3 is 0 Å². The van der Waals surface area contributed by atoms with Crippen molar-refractivity contribution in [3.05, 3.63) is 78.0 Å². The fraction of sp³-hybridized carbons (Fsp3) is 0.393. The van der Waals surface area contributed by atoms with E-state index in [1.165, 1.54) is 0 Å². The third-order valence-corrected chi connectivity index (χ3v) is 6.46. The number of Topliss-reactive ketones (excluding diaryl/α,β-unsaturated/α-hetero) is 1. The Kier molecular flexibility index (Phi) is 10.1. The van der Waals surface area contributed by atoms with E-state index in [-0.39, 0.29) is 18.1 Å². The summed E-state index contributed by atoms with van der Waals surface area (Å²) in [4.78, 5) is 30.7. The van der Waals surface area contributed by atoms with Crippen LogP contribution in [0.4, 0.5) is 0 Å². The Balaban J connectivity index is 1.64. The van der Waals surface area contributed by atoms with Gasteiger partial charge in [0, 0.05) is 31.0 Å². The maximum Gasteiger partial charge on any atom is 0.237 e. The normalized spacial score (nSPS) is 14.7. The highest BCUT2D eigenvalue weighted by Crippen LogP contribution is 2.15. The largest absolute Gasteiger partial charge is 0.345 e. The van der Waals surface area contributed by atoms with Crippen LogP contribution in [0, 0.1) is 0 Å². The van der Waals surface area contributed by atoms with Crippen molar-refractivity contribution in [3.8, 4) is 0 Å². The lowest BCUT2D eigenvalue weighted by Crippen LogP contribution is -2.54. The molecule has 1 unspecified atom stereocenters. The third-order valence-electron chi connectivity index (χ3n) is 6.46. The number of para-hydroxylation sites is 1. The molecule has 7 N–H and O–H groups in total. The Bertz CT molecular complexity index is 1140. The highest BCUT2D eigenvalue weighted by Gasteiger charge is 2.25. The van der Waals surface area contributed by atoms with Crippen molar-refractivity contribution in [3.63, 3.8) is 0 Å². The van der Waals surface area contributed by atoms with Gasteiger partial charge in [-0.05, 0) is 42.5 Å². The zero-order valence-electron chi connectivity index (χ0n) is 21.1. The fourth-order valence-corrected chi connectivity index (χ4v) is 4.30. The number of hydrogen-bond acceptors (Lipinski definition) is 6. The number of nitrogens with zero attached hydrogens (tertiary/aromatic N) is 2. The van der Waals surface area contributed by atoms with Crippen LogP contribution in [-0.2, 0) is 22.4 Å². The molecule has 0 fully saturated rings. The van der Waals surface area contributed by atoms with E-state index in [9.17, 15) is 9.59 Å². The zero-order valence-corrected chi connectivity index (χ0v) is 21.1. The molecule has 0 saturated heterocycles. The van der Waals surface area contributed by atoms with Crippen LogP contribution in [0.3, 0.4) is 0 Å². The van der Waals surface area contributed by atoms with Crippen molar-refractivity contribution in [2.45, 2.75) is 44.2 Å². The summed E-state index contributed by atoms with van der Waals surface area (Å²) in [7, 11) is 1.90. The Morgan fingerprint density at radius 3 is 2.47 bits per heavy atom. The number of nitrogens with two attached hydrogens (primary N) is 3. The first kappa shape index (κ1) is 27.4. The number of carbonyl (C=O) groups excluding carboxylic acids is 2. The number of carbonyl (C=O) groups is 2. The number of rotatable bonds is 14. The van der Waals surface area contributed by atoms with E-state index in [1.54, 1.807) is 6.20 Å². The maximum atomic E-state index is 13.3. The van der Waals surface area contributed by atoms with Crippen molar-refractivity contribution in [1.82, 2.24) is 10.3 Å². The molecule has 192 valence electrons. The number of fused-ring (bicyclic) bond motifs is 1. The van der Waals surface area contributed by atoms with Crippen molar-refractivity contribution < 1.29 is 14.2 Å². The Hall–Kier alpha value is -3.17. The number of benzene rings is 2. The van der Waals surface area contributed by atoms with Gasteiger partial charge in [-0.2, -0.15) is 5.84 Å². The van der Waals surface area contributed by atoms with Gasteiger partial charge in [0.05, 0.1) is 31.2 Å². The van der Waals surface area contributed by atoms with Crippen LogP contribution in [0.15, 0.2) is 66.9 Å². The first-order chi connectivity index (χ1) is 17.3. The van der Waals surface area contributed by atoms with Crippen LogP contribution in [-0.4, -0.2) is 60.0 Å². The van der Waals surface area contributed by atoms with E-state index in [0.717, 1.165) is 22.0 Å². The average molecular weight is 492 g/mol. The number of ketones is 1. The van der Waals surface area contributed by atoms with Crippen LogP contribution in [0.2, 0.25) is 0 Å². The Labute approximate surface area is 213 Å². The van der Waals surface area contributed by atoms with Gasteiger partial charge in [0.25, 0.3) is 0 Å². The molecule has 0 radical (unpaired) electrons. The number of hydrogen-bond donors (Lipinski definition) is 4. The SMILES string of the molecule is C[N+](N)(CCN)CCC[C@H](N)C(=O)N[C@H](CCc1ccccc1)C(=O)Cc1cnc2ccccc2c1. The molecule has 0 saturated carbocycles.